The van der Waals surface area contributed by atoms with E-state index in [4.69, 9.17) is 4.42 Å². The highest BCUT2D eigenvalue weighted by Crippen LogP contribution is 2.34. The fourth-order valence-corrected chi connectivity index (χ4v) is 4.02. The molecule has 1 amide bonds. The minimum atomic E-state index is -0.428. The van der Waals surface area contributed by atoms with Crippen LogP contribution in [0.2, 0.25) is 0 Å². The van der Waals surface area contributed by atoms with Crippen molar-refractivity contribution >= 4 is 56.5 Å². The van der Waals surface area contributed by atoms with E-state index in [0.29, 0.717) is 27.3 Å². The Bertz CT molecular complexity index is 1430. The molecule has 8 nitrogen and oxygen atoms in total. The van der Waals surface area contributed by atoms with Crippen molar-refractivity contribution in [1.29, 1.82) is 0 Å². The highest BCUT2D eigenvalue weighted by atomic mass is 32.2. The summed E-state index contributed by atoms with van der Waals surface area (Å²) in [5.41, 5.74) is 3.66. The van der Waals surface area contributed by atoms with Gasteiger partial charge in [-0.3, -0.25) is 4.79 Å². The maximum Gasteiger partial charge on any atom is 0.323 e. The molecule has 0 aliphatic heterocycles. The number of nitrogens with zero attached hydrogens (tertiary/aromatic N) is 2. The Balaban J connectivity index is 1.39. The Kier molecular flexibility index (Phi) is 4.09. The number of thioether (sulfide) groups is 1. The monoisotopic (exact) mass is 405 g/mol. The third-order valence-electron chi connectivity index (χ3n) is 4.57. The topological polar surface area (TPSA) is 117 Å². The number of aromatic nitrogens is 4. The maximum atomic E-state index is 12.7. The lowest BCUT2D eigenvalue weighted by molar-refractivity contribution is -0.115. The van der Waals surface area contributed by atoms with Crippen molar-refractivity contribution in [3.63, 3.8) is 0 Å². The van der Waals surface area contributed by atoms with Gasteiger partial charge in [0.2, 0.25) is 5.91 Å². The van der Waals surface area contributed by atoms with Crippen molar-refractivity contribution in [2.24, 2.45) is 0 Å². The molecule has 5 aromatic rings. The van der Waals surface area contributed by atoms with Gasteiger partial charge in [0.05, 0.1) is 16.3 Å². The molecule has 3 aromatic heterocycles. The summed E-state index contributed by atoms with van der Waals surface area (Å²) in [5.74, 6) is -0.185. The number of para-hydroxylation sites is 1. The second kappa shape index (κ2) is 6.78. The summed E-state index contributed by atoms with van der Waals surface area (Å²) in [6.45, 7) is 1.80. The predicted molar refractivity (Wildman–Crippen MR) is 112 cm³/mol. The van der Waals surface area contributed by atoms with Crippen LogP contribution in [0.3, 0.4) is 0 Å². The molecule has 29 heavy (non-hydrogen) atoms. The maximum absolute atomic E-state index is 12.7. The lowest BCUT2D eigenvalue weighted by atomic mass is 10.2. The average Bonchev–Trinajstić information content (AvgIpc) is 3.27. The van der Waals surface area contributed by atoms with Crippen LogP contribution >= 0.6 is 11.8 Å². The third kappa shape index (κ3) is 3.15. The second-order valence-corrected chi connectivity index (χ2v) is 7.87. The van der Waals surface area contributed by atoms with Gasteiger partial charge in [-0.25, -0.2) is 14.8 Å². The number of carbonyl (C=O) groups excluding carboxylic acids is 1. The number of aromatic amines is 2. The summed E-state index contributed by atoms with van der Waals surface area (Å²) in [7, 11) is 0. The molecule has 3 heterocycles. The van der Waals surface area contributed by atoms with Gasteiger partial charge in [0.25, 0.3) is 0 Å². The van der Waals surface area contributed by atoms with Crippen molar-refractivity contribution in [2.75, 3.05) is 5.32 Å². The average molecular weight is 405 g/mol. The minimum absolute atomic E-state index is 0.185. The van der Waals surface area contributed by atoms with Crippen molar-refractivity contribution in [1.82, 2.24) is 19.9 Å². The van der Waals surface area contributed by atoms with Gasteiger partial charge >= 0.3 is 5.69 Å². The molecular weight excluding hydrogens is 390 g/mol. The zero-order valence-electron chi connectivity index (χ0n) is 15.2. The van der Waals surface area contributed by atoms with Gasteiger partial charge in [0.15, 0.2) is 5.58 Å². The first-order valence-electron chi connectivity index (χ1n) is 8.90. The van der Waals surface area contributed by atoms with Gasteiger partial charge in [0.1, 0.15) is 22.5 Å². The van der Waals surface area contributed by atoms with E-state index in [9.17, 15) is 9.59 Å². The highest BCUT2D eigenvalue weighted by Gasteiger charge is 2.20. The molecule has 3 N–H and O–H groups in total. The van der Waals surface area contributed by atoms with Crippen LogP contribution in [0.4, 0.5) is 5.69 Å². The first-order chi connectivity index (χ1) is 14.1. The van der Waals surface area contributed by atoms with Crippen molar-refractivity contribution in [2.45, 2.75) is 17.2 Å². The molecule has 0 aliphatic rings. The third-order valence-corrected chi connectivity index (χ3v) is 5.65. The molecule has 9 heteroatoms. The second-order valence-electron chi connectivity index (χ2n) is 6.54. The van der Waals surface area contributed by atoms with Crippen molar-refractivity contribution < 1.29 is 9.21 Å². The highest BCUT2D eigenvalue weighted by molar-refractivity contribution is 8.00. The van der Waals surface area contributed by atoms with Gasteiger partial charge in [-0.15, -0.1) is 0 Å². The van der Waals surface area contributed by atoms with Gasteiger partial charge in [-0.2, -0.15) is 0 Å². The van der Waals surface area contributed by atoms with E-state index in [1.54, 1.807) is 25.1 Å². The molecule has 144 valence electrons. The molecule has 1 atom stereocenters. The Morgan fingerprint density at radius 2 is 1.97 bits per heavy atom. The number of hydrogen-bond donors (Lipinski definition) is 3. The van der Waals surface area contributed by atoms with E-state index in [1.807, 2.05) is 24.3 Å². The van der Waals surface area contributed by atoms with Gasteiger partial charge < -0.3 is 19.7 Å². The Labute approximate surface area is 167 Å². The van der Waals surface area contributed by atoms with Crippen LogP contribution < -0.4 is 11.0 Å². The molecule has 0 aliphatic carbocycles. The zero-order valence-corrected chi connectivity index (χ0v) is 16.0. The zero-order chi connectivity index (χ0) is 20.0. The molecule has 2 aromatic carbocycles. The summed E-state index contributed by atoms with van der Waals surface area (Å²) in [6, 6.07) is 12.8. The summed E-state index contributed by atoms with van der Waals surface area (Å²) in [5, 5.41) is 3.96. The number of H-pyrrole nitrogens is 2. The number of nitrogens with one attached hydrogen (secondary N) is 3. The fourth-order valence-electron chi connectivity index (χ4n) is 3.16. The molecule has 0 bridgehead atoms. The predicted octanol–water partition coefficient (Wildman–Crippen LogP) is 3.66. The molecule has 0 saturated heterocycles. The Hall–Kier alpha value is -3.59. The number of rotatable bonds is 4. The SMILES string of the molecule is C[C@@H](Sc1ncnc2c1oc1ccccc12)C(=O)Nc1ccc2[nH]c(=O)[nH]c2c1. The quantitative estimate of drug-likeness (QED) is 0.310. The van der Waals surface area contributed by atoms with Crippen LogP contribution in [0, 0.1) is 0 Å². The Morgan fingerprint density at radius 1 is 1.14 bits per heavy atom. The molecule has 0 spiro atoms. The number of furan rings is 1. The van der Waals surface area contributed by atoms with Gasteiger partial charge in [0, 0.05) is 11.1 Å². The largest absolute Gasteiger partial charge is 0.451 e. The van der Waals surface area contributed by atoms with Gasteiger partial charge in [-0.1, -0.05) is 23.9 Å². The van der Waals surface area contributed by atoms with E-state index in [2.05, 4.69) is 25.3 Å². The number of hydrogen-bond acceptors (Lipinski definition) is 6. The molecule has 0 saturated carbocycles. The number of amides is 1. The molecule has 0 fully saturated rings. The molecule has 5 rings (SSSR count). The number of fused-ring (bicyclic) bond motifs is 4. The molecular formula is C20H15N5O3S. The van der Waals surface area contributed by atoms with Crippen molar-refractivity contribution in [3.05, 3.63) is 59.3 Å². The normalized spacial score (nSPS) is 12.6. The summed E-state index contributed by atoms with van der Waals surface area (Å²) >= 11 is 1.30. The van der Waals surface area contributed by atoms with Crippen LogP contribution in [-0.4, -0.2) is 31.1 Å². The van der Waals surface area contributed by atoms with Crippen LogP contribution in [0.15, 0.2) is 63.0 Å². The fraction of sp³-hybridized carbons (Fsp3) is 0.100. The van der Waals surface area contributed by atoms with E-state index >= 15 is 0 Å². The van der Waals surface area contributed by atoms with Crippen LogP contribution in [0.5, 0.6) is 0 Å². The number of imidazole rings is 1. The van der Waals surface area contributed by atoms with E-state index in [-0.39, 0.29) is 11.6 Å². The first-order valence-corrected chi connectivity index (χ1v) is 9.78. The minimum Gasteiger partial charge on any atom is -0.451 e. The first kappa shape index (κ1) is 17.5. The standard InChI is InChI=1S/C20H15N5O3S/c1-10(18(26)23-11-6-7-13-14(8-11)25-20(27)24-13)29-19-17-16(21-9-22-19)12-4-2-3-5-15(12)28-17/h2-10H,1H3,(H,23,26)(H2,24,25,27)/t10-/m1/s1. The van der Waals surface area contributed by atoms with Gasteiger partial charge in [-0.05, 0) is 37.3 Å². The number of anilines is 1. The summed E-state index contributed by atoms with van der Waals surface area (Å²) in [4.78, 5) is 38.0. The smallest absolute Gasteiger partial charge is 0.323 e. The number of benzene rings is 2. The number of carbonyl (C=O) groups is 1. The van der Waals surface area contributed by atoms with Crippen LogP contribution in [0.25, 0.3) is 33.1 Å². The van der Waals surface area contributed by atoms with E-state index < -0.39 is 5.25 Å². The van der Waals surface area contributed by atoms with E-state index in [1.165, 1.54) is 18.1 Å². The lowest BCUT2D eigenvalue weighted by Gasteiger charge is -2.11. The molecule has 0 radical (unpaired) electrons. The molecule has 0 unspecified atom stereocenters. The van der Waals surface area contributed by atoms with Crippen LogP contribution in [-0.2, 0) is 4.79 Å². The van der Waals surface area contributed by atoms with Crippen molar-refractivity contribution in [3.8, 4) is 0 Å². The summed E-state index contributed by atoms with van der Waals surface area (Å²) < 4.78 is 5.92. The Morgan fingerprint density at radius 3 is 2.86 bits per heavy atom. The lowest BCUT2D eigenvalue weighted by Crippen LogP contribution is -2.22. The summed E-state index contributed by atoms with van der Waals surface area (Å²) in [6.07, 6.45) is 1.48. The van der Waals surface area contributed by atoms with E-state index in [0.717, 1.165) is 16.5 Å². The van der Waals surface area contributed by atoms with Crippen LogP contribution in [0.1, 0.15) is 6.92 Å².